The Kier molecular flexibility index (Phi) is 8.22. The van der Waals surface area contributed by atoms with E-state index in [1.807, 2.05) is 10.3 Å². The summed E-state index contributed by atoms with van der Waals surface area (Å²) in [6.07, 6.45) is 12.1. The Morgan fingerprint density at radius 2 is 2.04 bits per heavy atom. The second-order valence-electron chi connectivity index (χ2n) is 6.51. The van der Waals surface area contributed by atoms with E-state index in [4.69, 9.17) is 0 Å². The molecule has 1 saturated carbocycles. The maximum Gasteiger partial charge on any atom is 0.245 e. The third-order valence-electron chi connectivity index (χ3n) is 4.57. The van der Waals surface area contributed by atoms with Crippen LogP contribution in [0.3, 0.4) is 0 Å². The normalized spacial score (nSPS) is 15.2. The molecule has 0 aliphatic heterocycles. The van der Waals surface area contributed by atoms with Crippen LogP contribution in [-0.4, -0.2) is 34.3 Å². The minimum Gasteiger partial charge on any atom is -0.330 e. The van der Waals surface area contributed by atoms with Gasteiger partial charge in [0.15, 0.2) is 5.13 Å². The fourth-order valence-electron chi connectivity index (χ4n) is 3.26. The molecule has 0 atom stereocenters. The maximum absolute atomic E-state index is 12.7. The molecule has 1 aliphatic rings. The van der Waals surface area contributed by atoms with Crippen LogP contribution in [0.15, 0.2) is 11.6 Å². The van der Waals surface area contributed by atoms with Gasteiger partial charge >= 0.3 is 0 Å². The molecule has 0 radical (unpaired) electrons. The van der Waals surface area contributed by atoms with Crippen molar-refractivity contribution in [1.82, 2.24) is 9.88 Å². The van der Waals surface area contributed by atoms with E-state index in [1.54, 1.807) is 6.20 Å². The molecule has 134 valence electrons. The largest absolute Gasteiger partial charge is 0.330 e. The minimum absolute atomic E-state index is 0.132. The Hall–Kier alpha value is -1.43. The van der Waals surface area contributed by atoms with E-state index in [0.717, 1.165) is 44.9 Å². The monoisotopic (exact) mass is 351 g/mol. The number of anilines is 1. The van der Waals surface area contributed by atoms with Crippen molar-refractivity contribution in [3.63, 3.8) is 0 Å². The zero-order chi connectivity index (χ0) is 17.2. The van der Waals surface area contributed by atoms with Crippen molar-refractivity contribution < 1.29 is 9.59 Å². The van der Waals surface area contributed by atoms with Crippen molar-refractivity contribution in [2.24, 2.45) is 0 Å². The van der Waals surface area contributed by atoms with E-state index in [1.165, 1.54) is 24.2 Å². The summed E-state index contributed by atoms with van der Waals surface area (Å²) in [7, 11) is 0. The van der Waals surface area contributed by atoms with Crippen molar-refractivity contribution in [1.29, 1.82) is 0 Å². The highest BCUT2D eigenvalue weighted by molar-refractivity contribution is 7.13. The molecule has 0 spiro atoms. The quantitative estimate of drug-likeness (QED) is 0.678. The summed E-state index contributed by atoms with van der Waals surface area (Å²) >= 11 is 1.40. The van der Waals surface area contributed by atoms with E-state index in [9.17, 15) is 9.59 Å². The fourth-order valence-corrected chi connectivity index (χ4v) is 3.80. The molecule has 2 rings (SSSR count). The lowest BCUT2D eigenvalue weighted by molar-refractivity contribution is -0.137. The van der Waals surface area contributed by atoms with Crippen LogP contribution in [0.2, 0.25) is 0 Å². The predicted molar refractivity (Wildman–Crippen MR) is 98.1 cm³/mol. The second-order valence-corrected chi connectivity index (χ2v) is 7.40. The first-order valence-corrected chi connectivity index (χ1v) is 10.1. The first-order chi connectivity index (χ1) is 11.7. The number of carbonyl (C=O) groups excluding carboxylic acids is 2. The highest BCUT2D eigenvalue weighted by atomic mass is 32.1. The predicted octanol–water partition coefficient (Wildman–Crippen LogP) is 4.21. The zero-order valence-electron chi connectivity index (χ0n) is 14.6. The van der Waals surface area contributed by atoms with Gasteiger partial charge in [0, 0.05) is 24.0 Å². The van der Waals surface area contributed by atoms with Gasteiger partial charge in [-0.05, 0) is 19.3 Å². The lowest BCUT2D eigenvalue weighted by Gasteiger charge is -2.34. The first-order valence-electron chi connectivity index (χ1n) is 9.19. The van der Waals surface area contributed by atoms with E-state index in [-0.39, 0.29) is 24.4 Å². The van der Waals surface area contributed by atoms with Gasteiger partial charge in [0.2, 0.25) is 11.8 Å². The molecule has 6 heteroatoms. The van der Waals surface area contributed by atoms with Crippen LogP contribution in [0.4, 0.5) is 5.13 Å². The van der Waals surface area contributed by atoms with Crippen LogP contribution in [0.5, 0.6) is 0 Å². The SMILES string of the molecule is CCCCCCC(=O)N(CC(=O)Nc1nccs1)C1CCCCC1. The molecule has 0 aromatic carbocycles. The number of rotatable bonds is 9. The van der Waals surface area contributed by atoms with Gasteiger partial charge in [0.1, 0.15) is 6.54 Å². The average molecular weight is 352 g/mol. The lowest BCUT2D eigenvalue weighted by Crippen LogP contribution is -2.45. The van der Waals surface area contributed by atoms with Crippen LogP contribution >= 0.6 is 11.3 Å². The van der Waals surface area contributed by atoms with Crippen LogP contribution in [-0.2, 0) is 9.59 Å². The standard InChI is InChI=1S/C18H29N3O2S/c1-2-3-4-8-11-17(23)21(15-9-6-5-7-10-15)14-16(22)20-18-19-12-13-24-18/h12-13,15H,2-11,14H2,1H3,(H,19,20,22). The van der Waals surface area contributed by atoms with Crippen molar-refractivity contribution in [3.8, 4) is 0 Å². The van der Waals surface area contributed by atoms with Gasteiger partial charge in [-0.1, -0.05) is 45.4 Å². The Balaban J connectivity index is 1.91. The van der Waals surface area contributed by atoms with E-state index < -0.39 is 0 Å². The Bertz CT molecular complexity index is 498. The Morgan fingerprint density at radius 3 is 2.71 bits per heavy atom. The number of nitrogens with zero attached hydrogens (tertiary/aromatic N) is 2. The summed E-state index contributed by atoms with van der Waals surface area (Å²) in [5.74, 6) is -0.00952. The molecular weight excluding hydrogens is 322 g/mol. The lowest BCUT2D eigenvalue weighted by atomic mass is 9.93. The topological polar surface area (TPSA) is 62.3 Å². The molecule has 24 heavy (non-hydrogen) atoms. The van der Waals surface area contributed by atoms with Crippen LogP contribution < -0.4 is 5.32 Å². The average Bonchev–Trinajstić information content (AvgIpc) is 3.10. The molecule has 1 aliphatic carbocycles. The summed E-state index contributed by atoms with van der Waals surface area (Å²) in [5, 5.41) is 5.22. The maximum atomic E-state index is 12.7. The zero-order valence-corrected chi connectivity index (χ0v) is 15.4. The summed E-state index contributed by atoms with van der Waals surface area (Å²) < 4.78 is 0. The molecule has 1 aromatic heterocycles. The molecule has 0 bridgehead atoms. The minimum atomic E-state index is -0.141. The number of hydrogen-bond donors (Lipinski definition) is 1. The van der Waals surface area contributed by atoms with Gasteiger partial charge in [0.05, 0.1) is 0 Å². The second kappa shape index (κ2) is 10.4. The van der Waals surface area contributed by atoms with Crippen molar-refractivity contribution in [2.75, 3.05) is 11.9 Å². The molecule has 1 heterocycles. The number of unbranched alkanes of at least 4 members (excludes halogenated alkanes) is 3. The van der Waals surface area contributed by atoms with Gasteiger partial charge in [-0.2, -0.15) is 0 Å². The molecule has 1 aromatic rings. The molecule has 0 unspecified atom stereocenters. The molecule has 5 nitrogen and oxygen atoms in total. The fraction of sp³-hybridized carbons (Fsp3) is 0.722. The molecular formula is C18H29N3O2S. The van der Waals surface area contributed by atoms with E-state index in [0.29, 0.717) is 11.6 Å². The van der Waals surface area contributed by atoms with Gasteiger partial charge in [-0.3, -0.25) is 9.59 Å². The van der Waals surface area contributed by atoms with Gasteiger partial charge in [0.25, 0.3) is 0 Å². The van der Waals surface area contributed by atoms with E-state index in [2.05, 4.69) is 17.2 Å². The van der Waals surface area contributed by atoms with Gasteiger partial charge in [-0.15, -0.1) is 11.3 Å². The number of nitrogens with one attached hydrogen (secondary N) is 1. The molecule has 1 N–H and O–H groups in total. The Morgan fingerprint density at radius 1 is 1.25 bits per heavy atom. The third-order valence-corrected chi connectivity index (χ3v) is 5.26. The van der Waals surface area contributed by atoms with Crippen LogP contribution in [0.1, 0.15) is 71.1 Å². The summed E-state index contributed by atoms with van der Waals surface area (Å²) in [6.45, 7) is 2.32. The van der Waals surface area contributed by atoms with Crippen LogP contribution in [0, 0.1) is 0 Å². The van der Waals surface area contributed by atoms with Crippen LogP contribution in [0.25, 0.3) is 0 Å². The number of carbonyl (C=O) groups is 2. The van der Waals surface area contributed by atoms with Crippen molar-refractivity contribution in [3.05, 3.63) is 11.6 Å². The number of thiazole rings is 1. The molecule has 1 fully saturated rings. The van der Waals surface area contributed by atoms with Gasteiger partial charge < -0.3 is 10.2 Å². The smallest absolute Gasteiger partial charge is 0.245 e. The van der Waals surface area contributed by atoms with Gasteiger partial charge in [-0.25, -0.2) is 4.98 Å². The summed E-state index contributed by atoms with van der Waals surface area (Å²) in [5.41, 5.74) is 0. The van der Waals surface area contributed by atoms with Crippen molar-refractivity contribution >= 4 is 28.3 Å². The number of aromatic nitrogens is 1. The molecule has 0 saturated heterocycles. The molecule has 2 amide bonds. The number of hydrogen-bond acceptors (Lipinski definition) is 4. The van der Waals surface area contributed by atoms with E-state index >= 15 is 0 Å². The Labute approximate surface area is 148 Å². The summed E-state index contributed by atoms with van der Waals surface area (Å²) in [4.78, 5) is 30.9. The summed E-state index contributed by atoms with van der Waals surface area (Å²) in [6, 6.07) is 0.222. The third kappa shape index (κ3) is 6.23. The first kappa shape index (κ1) is 18.9. The highest BCUT2D eigenvalue weighted by Gasteiger charge is 2.27. The van der Waals surface area contributed by atoms with Crippen molar-refractivity contribution in [2.45, 2.75) is 77.2 Å². The number of amides is 2. The highest BCUT2D eigenvalue weighted by Crippen LogP contribution is 2.24.